The van der Waals surface area contributed by atoms with Gasteiger partial charge in [0, 0.05) is 18.9 Å². The van der Waals surface area contributed by atoms with Crippen LogP contribution in [0, 0.1) is 0 Å². The molecule has 1 aromatic carbocycles. The summed E-state index contributed by atoms with van der Waals surface area (Å²) < 4.78 is 21.7. The van der Waals surface area contributed by atoms with Crippen molar-refractivity contribution < 1.29 is 38.4 Å². The van der Waals surface area contributed by atoms with Crippen LogP contribution in [0.2, 0.25) is 0 Å². The topological polar surface area (TPSA) is 108 Å². The third-order valence-electron chi connectivity index (χ3n) is 12.7. The highest BCUT2D eigenvalue weighted by Gasteiger charge is 2.19. The van der Waals surface area contributed by atoms with Gasteiger partial charge in [-0.3, -0.25) is 9.59 Å². The van der Waals surface area contributed by atoms with Gasteiger partial charge in [0.05, 0.1) is 7.11 Å². The van der Waals surface area contributed by atoms with Gasteiger partial charge in [-0.05, 0) is 36.6 Å². The zero-order chi connectivity index (χ0) is 47.1. The van der Waals surface area contributed by atoms with Crippen molar-refractivity contribution in [2.45, 2.75) is 277 Å². The van der Waals surface area contributed by atoms with Crippen LogP contribution in [0.5, 0.6) is 11.5 Å². The third kappa shape index (κ3) is 39.8. The van der Waals surface area contributed by atoms with Crippen molar-refractivity contribution in [3.05, 3.63) is 29.8 Å². The highest BCUT2D eigenvalue weighted by molar-refractivity contribution is 5.87. The average Bonchev–Trinajstić information content (AvgIpc) is 3.31. The number of hydrogen-bond acceptors (Lipinski definition) is 8. The van der Waals surface area contributed by atoms with E-state index in [9.17, 15) is 19.5 Å². The molecule has 0 saturated carbocycles. The Hall–Kier alpha value is -3.03. The minimum Gasteiger partial charge on any atom is -0.504 e. The molecule has 65 heavy (non-hydrogen) atoms. The first-order chi connectivity index (χ1) is 31.9. The van der Waals surface area contributed by atoms with E-state index in [1.165, 1.54) is 231 Å². The second kappa shape index (κ2) is 46.1. The molecule has 0 aromatic heterocycles. The number of carbonyl (C=O) groups is 3. The second-order valence-electron chi connectivity index (χ2n) is 18.9. The smallest absolute Gasteiger partial charge is 0.331 e. The molecule has 0 atom stereocenters. The fourth-order valence-corrected chi connectivity index (χ4v) is 8.49. The first kappa shape index (κ1) is 60.0. The van der Waals surface area contributed by atoms with E-state index in [4.69, 9.17) is 18.9 Å². The van der Waals surface area contributed by atoms with Gasteiger partial charge in [-0.15, -0.1) is 0 Å². The number of carbonyl (C=O) groups excluding carboxylic acids is 3. The molecule has 1 rings (SSSR count). The molecule has 8 heteroatoms. The number of esters is 3. The fourth-order valence-electron chi connectivity index (χ4n) is 8.49. The van der Waals surface area contributed by atoms with E-state index in [1.54, 1.807) is 12.1 Å². The lowest BCUT2D eigenvalue weighted by Crippen LogP contribution is -2.30. The Labute approximate surface area is 399 Å². The fraction of sp³-hybridized carbons (Fsp3) is 0.807. The zero-order valence-corrected chi connectivity index (χ0v) is 42.5. The predicted molar refractivity (Wildman–Crippen MR) is 272 cm³/mol. The molecule has 1 N–H and O–H groups in total. The molecule has 8 nitrogen and oxygen atoms in total. The van der Waals surface area contributed by atoms with Crippen molar-refractivity contribution >= 4 is 24.0 Å². The Bertz CT molecular complexity index is 1220. The zero-order valence-electron chi connectivity index (χ0n) is 42.5. The Balaban J connectivity index is 2.24. The number of ether oxygens (including phenoxy) is 4. The summed E-state index contributed by atoms with van der Waals surface area (Å²) in [5.74, 6) is -1.06. The molecule has 0 radical (unpaired) electrons. The SMILES string of the molecule is CCCCCCCCCCCCCCCCCCCCCC(=O)OCC(COC(=O)CCCCCCCCCCCCCCCCCCCCC)OC(=O)/C=C\c1ccc(O)c(OC)c1. The molecule has 0 aliphatic rings. The van der Waals surface area contributed by atoms with Crippen LogP contribution < -0.4 is 4.74 Å². The summed E-state index contributed by atoms with van der Waals surface area (Å²) in [4.78, 5) is 38.1. The quantitative estimate of drug-likeness (QED) is 0.0298. The predicted octanol–water partition coefficient (Wildman–Crippen LogP) is 17.1. The Kier molecular flexibility index (Phi) is 42.5. The number of methoxy groups -OCH3 is 1. The summed E-state index contributed by atoms with van der Waals surface area (Å²) >= 11 is 0. The maximum atomic E-state index is 12.8. The van der Waals surface area contributed by atoms with Crippen molar-refractivity contribution in [3.63, 3.8) is 0 Å². The Morgan fingerprint density at radius 3 is 1.09 bits per heavy atom. The van der Waals surface area contributed by atoms with Crippen LogP contribution in [0.4, 0.5) is 0 Å². The highest BCUT2D eigenvalue weighted by atomic mass is 16.6. The molecule has 0 bridgehead atoms. The molecular formula is C57H100O8. The van der Waals surface area contributed by atoms with E-state index in [0.717, 1.165) is 38.5 Å². The van der Waals surface area contributed by atoms with Gasteiger partial charge in [-0.25, -0.2) is 4.79 Å². The van der Waals surface area contributed by atoms with E-state index in [1.807, 2.05) is 0 Å². The normalized spacial score (nSPS) is 11.4. The lowest BCUT2D eigenvalue weighted by Gasteiger charge is -2.17. The minimum absolute atomic E-state index is 0.00337. The summed E-state index contributed by atoms with van der Waals surface area (Å²) in [5, 5.41) is 9.88. The molecule has 0 saturated heterocycles. The monoisotopic (exact) mass is 913 g/mol. The van der Waals surface area contributed by atoms with Crippen LogP contribution in [0.25, 0.3) is 6.08 Å². The summed E-state index contributed by atoms with van der Waals surface area (Å²) in [6.07, 6.45) is 51.7. The van der Waals surface area contributed by atoms with Crippen LogP contribution in [0.1, 0.15) is 276 Å². The van der Waals surface area contributed by atoms with E-state index in [-0.39, 0.29) is 36.7 Å². The maximum Gasteiger partial charge on any atom is 0.331 e. The number of rotatable bonds is 48. The molecule has 0 heterocycles. The van der Waals surface area contributed by atoms with Gasteiger partial charge in [-0.2, -0.15) is 0 Å². The van der Waals surface area contributed by atoms with Gasteiger partial charge in [-0.1, -0.05) is 251 Å². The van der Waals surface area contributed by atoms with E-state index < -0.39 is 12.1 Å². The molecule has 0 fully saturated rings. The number of phenolic OH excluding ortho intramolecular Hbond substituents is 1. The van der Waals surface area contributed by atoms with Gasteiger partial charge in [0.2, 0.25) is 0 Å². The molecular weight excluding hydrogens is 813 g/mol. The van der Waals surface area contributed by atoms with Gasteiger partial charge in [0.25, 0.3) is 0 Å². The average molecular weight is 913 g/mol. The van der Waals surface area contributed by atoms with Crippen molar-refractivity contribution in [2.24, 2.45) is 0 Å². The van der Waals surface area contributed by atoms with Crippen LogP contribution in [-0.2, 0) is 28.6 Å². The van der Waals surface area contributed by atoms with Gasteiger partial charge < -0.3 is 24.1 Å². The number of benzene rings is 1. The summed E-state index contributed by atoms with van der Waals surface area (Å²) in [6, 6.07) is 4.72. The van der Waals surface area contributed by atoms with Crippen molar-refractivity contribution in [3.8, 4) is 11.5 Å². The standard InChI is InChI=1S/C57H100O8/c1-4-6-8-10-12-14-16-18-20-22-24-26-28-30-32-34-36-38-40-42-55(59)63-49-52(65-57(61)47-45-51-44-46-53(58)54(48-51)62-3)50-64-56(60)43-41-39-37-35-33-31-29-27-25-23-21-19-17-15-13-11-9-7-5-2/h44-48,52,58H,4-43,49-50H2,1-3H3/b47-45-. The Morgan fingerprint density at radius 2 is 0.785 bits per heavy atom. The number of aromatic hydroxyl groups is 1. The first-order valence-electron chi connectivity index (χ1n) is 27.5. The maximum absolute atomic E-state index is 12.8. The Morgan fingerprint density at radius 1 is 0.477 bits per heavy atom. The van der Waals surface area contributed by atoms with E-state index in [0.29, 0.717) is 18.4 Å². The van der Waals surface area contributed by atoms with Crippen LogP contribution in [0.15, 0.2) is 24.3 Å². The summed E-state index contributed by atoms with van der Waals surface area (Å²) in [7, 11) is 1.45. The van der Waals surface area contributed by atoms with Gasteiger partial charge in [0.1, 0.15) is 13.2 Å². The van der Waals surface area contributed by atoms with Crippen molar-refractivity contribution in [2.75, 3.05) is 20.3 Å². The molecule has 1 aromatic rings. The van der Waals surface area contributed by atoms with Crippen LogP contribution in [0.3, 0.4) is 0 Å². The molecule has 0 aliphatic carbocycles. The van der Waals surface area contributed by atoms with Crippen LogP contribution >= 0.6 is 0 Å². The van der Waals surface area contributed by atoms with E-state index in [2.05, 4.69) is 13.8 Å². The lowest BCUT2D eigenvalue weighted by atomic mass is 10.0. The number of hydrogen-bond donors (Lipinski definition) is 1. The molecule has 0 amide bonds. The largest absolute Gasteiger partial charge is 0.504 e. The summed E-state index contributed by atoms with van der Waals surface area (Å²) in [5.41, 5.74) is 0.630. The molecule has 0 aliphatic heterocycles. The molecule has 0 spiro atoms. The lowest BCUT2D eigenvalue weighted by molar-refractivity contribution is -0.163. The third-order valence-corrected chi connectivity index (χ3v) is 12.7. The summed E-state index contributed by atoms with van der Waals surface area (Å²) in [6.45, 7) is 4.19. The van der Waals surface area contributed by atoms with Crippen LogP contribution in [-0.4, -0.2) is 49.4 Å². The van der Waals surface area contributed by atoms with Crippen molar-refractivity contribution in [1.82, 2.24) is 0 Å². The van der Waals surface area contributed by atoms with Crippen molar-refractivity contribution in [1.29, 1.82) is 0 Å². The number of unbranched alkanes of at least 4 members (excludes halogenated alkanes) is 36. The number of phenols is 1. The minimum atomic E-state index is -0.926. The van der Waals surface area contributed by atoms with E-state index >= 15 is 0 Å². The first-order valence-corrected chi connectivity index (χ1v) is 27.5. The molecule has 0 unspecified atom stereocenters. The molecule has 376 valence electrons. The van der Waals surface area contributed by atoms with Gasteiger partial charge in [0.15, 0.2) is 17.6 Å². The second-order valence-corrected chi connectivity index (χ2v) is 18.9. The highest BCUT2D eigenvalue weighted by Crippen LogP contribution is 2.27. The van der Waals surface area contributed by atoms with Gasteiger partial charge >= 0.3 is 17.9 Å².